The van der Waals surface area contributed by atoms with Gasteiger partial charge in [0.25, 0.3) is 5.95 Å². The molecule has 5 aromatic rings. The zero-order valence-electron chi connectivity index (χ0n) is 21.1. The van der Waals surface area contributed by atoms with Crippen molar-refractivity contribution in [1.29, 1.82) is 5.26 Å². The number of nitrogens with two attached hydrogens (primary N) is 1. The van der Waals surface area contributed by atoms with E-state index >= 15 is 0 Å². The highest BCUT2D eigenvalue weighted by atomic mass is 16.1. The third-order valence-electron chi connectivity index (χ3n) is 7.31. The van der Waals surface area contributed by atoms with Gasteiger partial charge in [-0.3, -0.25) is 14.3 Å². The lowest BCUT2D eigenvalue weighted by Crippen LogP contribution is -2.21. The minimum Gasteiger partial charge on any atom is -0.366 e. The van der Waals surface area contributed by atoms with Crippen LogP contribution in [0.3, 0.4) is 0 Å². The fraction of sp³-hybridized carbons (Fsp3) is 0.241. The van der Waals surface area contributed by atoms with Crippen LogP contribution in [-0.2, 0) is 6.54 Å². The topological polar surface area (TPSA) is 117 Å². The fourth-order valence-corrected chi connectivity index (χ4v) is 5.48. The van der Waals surface area contributed by atoms with Crippen LogP contribution in [0.1, 0.15) is 39.6 Å². The quantitative estimate of drug-likeness (QED) is 0.324. The van der Waals surface area contributed by atoms with Crippen LogP contribution in [0, 0.1) is 18.3 Å². The molecule has 0 bridgehead atoms. The predicted octanol–water partition coefficient (Wildman–Crippen LogP) is 4.01. The van der Waals surface area contributed by atoms with Crippen molar-refractivity contribution in [2.24, 2.45) is 5.73 Å². The Labute approximate surface area is 220 Å². The number of likely N-dealkylation sites (tertiary alicyclic amines) is 1. The summed E-state index contributed by atoms with van der Waals surface area (Å²) in [5.41, 5.74) is 11.0. The lowest BCUT2D eigenvalue weighted by Gasteiger charge is -2.15. The van der Waals surface area contributed by atoms with Crippen LogP contribution in [-0.4, -0.2) is 49.6 Å². The van der Waals surface area contributed by atoms with Crippen LogP contribution < -0.4 is 11.1 Å². The Bertz CT molecular complexity index is 1690. The summed E-state index contributed by atoms with van der Waals surface area (Å²) in [4.78, 5) is 19.2. The van der Waals surface area contributed by atoms with Crippen LogP contribution in [0.25, 0.3) is 22.4 Å². The first-order chi connectivity index (χ1) is 18.5. The number of aromatic nitrogens is 4. The standard InChI is InChI=1S/C29H28N8O/c1-19-16-23-22(27(31)38)8-5-9-25(23)36(19)29-33-28(32-17-20-6-3-2-4-7-20)26-11-10-24(37(26)34-29)21-12-14-35(18-21)15-13-30/h2-11,16,21H,12,14-15,17-18H2,1H3,(H2,31,38)(H,32,33,34). The van der Waals surface area contributed by atoms with Crippen molar-refractivity contribution in [3.8, 4) is 12.0 Å². The highest BCUT2D eigenvalue weighted by Gasteiger charge is 2.27. The number of nitrogens with one attached hydrogen (secondary N) is 1. The van der Waals surface area contributed by atoms with Gasteiger partial charge in [-0.25, -0.2) is 4.52 Å². The van der Waals surface area contributed by atoms with E-state index in [0.717, 1.165) is 58.7 Å². The number of amides is 1. The zero-order valence-corrected chi connectivity index (χ0v) is 21.1. The van der Waals surface area contributed by atoms with Gasteiger partial charge in [0.2, 0.25) is 5.91 Å². The lowest BCUT2D eigenvalue weighted by molar-refractivity contribution is 0.100. The van der Waals surface area contributed by atoms with Crippen molar-refractivity contribution in [3.05, 3.63) is 89.2 Å². The number of primary amides is 1. The smallest absolute Gasteiger partial charge is 0.254 e. The van der Waals surface area contributed by atoms with Gasteiger partial charge in [-0.1, -0.05) is 36.4 Å². The summed E-state index contributed by atoms with van der Waals surface area (Å²) in [7, 11) is 0. The third-order valence-corrected chi connectivity index (χ3v) is 7.31. The van der Waals surface area contributed by atoms with E-state index in [2.05, 4.69) is 40.6 Å². The number of nitrogens with zero attached hydrogens (tertiary/aromatic N) is 6. The molecule has 0 aliphatic carbocycles. The number of carbonyl (C=O) groups excluding carboxylic acids is 1. The summed E-state index contributed by atoms with van der Waals surface area (Å²) in [6, 6.07) is 24.1. The Morgan fingerprint density at radius 2 is 1.97 bits per heavy atom. The molecule has 3 aromatic heterocycles. The molecule has 0 radical (unpaired) electrons. The molecule has 1 unspecified atom stereocenters. The van der Waals surface area contributed by atoms with Crippen molar-refractivity contribution in [2.45, 2.75) is 25.8 Å². The monoisotopic (exact) mass is 504 g/mol. The molecule has 2 aromatic carbocycles. The molecule has 1 fully saturated rings. The maximum atomic E-state index is 12.1. The third kappa shape index (κ3) is 4.15. The molecule has 9 heteroatoms. The van der Waals surface area contributed by atoms with E-state index in [4.69, 9.17) is 21.1 Å². The molecule has 1 atom stereocenters. The minimum absolute atomic E-state index is 0.263. The summed E-state index contributed by atoms with van der Waals surface area (Å²) < 4.78 is 3.95. The second-order valence-corrected chi connectivity index (χ2v) is 9.76. The molecule has 0 saturated carbocycles. The molecule has 1 saturated heterocycles. The van der Waals surface area contributed by atoms with Crippen LogP contribution in [0.15, 0.2) is 66.7 Å². The van der Waals surface area contributed by atoms with Crippen molar-refractivity contribution >= 4 is 28.1 Å². The Kier molecular flexibility index (Phi) is 6.02. The highest BCUT2D eigenvalue weighted by molar-refractivity contribution is 6.06. The van der Waals surface area contributed by atoms with Gasteiger partial charge in [-0.2, -0.15) is 10.2 Å². The van der Waals surface area contributed by atoms with Gasteiger partial charge in [0, 0.05) is 41.3 Å². The van der Waals surface area contributed by atoms with Gasteiger partial charge >= 0.3 is 0 Å². The normalized spacial score (nSPS) is 15.7. The molecule has 1 aliphatic rings. The molecule has 1 amide bonds. The number of rotatable bonds is 7. The van der Waals surface area contributed by atoms with Gasteiger partial charge in [0.15, 0.2) is 5.82 Å². The summed E-state index contributed by atoms with van der Waals surface area (Å²) in [6.45, 7) is 4.73. The number of anilines is 1. The summed E-state index contributed by atoms with van der Waals surface area (Å²) in [5.74, 6) is 1.03. The molecule has 0 spiro atoms. The van der Waals surface area contributed by atoms with Crippen molar-refractivity contribution in [1.82, 2.24) is 24.1 Å². The van der Waals surface area contributed by atoms with Gasteiger partial charge in [-0.05, 0) is 55.8 Å². The number of fused-ring (bicyclic) bond motifs is 2. The van der Waals surface area contributed by atoms with Gasteiger partial charge in [-0.15, -0.1) is 5.10 Å². The summed E-state index contributed by atoms with van der Waals surface area (Å²) in [6.07, 6.45) is 0.966. The van der Waals surface area contributed by atoms with Gasteiger partial charge in [0.1, 0.15) is 5.52 Å². The first-order valence-electron chi connectivity index (χ1n) is 12.7. The first-order valence-corrected chi connectivity index (χ1v) is 12.7. The summed E-state index contributed by atoms with van der Waals surface area (Å²) >= 11 is 0. The molecular formula is C29H28N8O. The average Bonchev–Trinajstić information content (AvgIpc) is 3.64. The van der Waals surface area contributed by atoms with E-state index in [9.17, 15) is 4.79 Å². The molecule has 1 aliphatic heterocycles. The number of benzene rings is 2. The number of hydrogen-bond donors (Lipinski definition) is 2. The predicted molar refractivity (Wildman–Crippen MR) is 146 cm³/mol. The van der Waals surface area contributed by atoms with Crippen molar-refractivity contribution in [3.63, 3.8) is 0 Å². The van der Waals surface area contributed by atoms with Gasteiger partial charge < -0.3 is 11.1 Å². The maximum absolute atomic E-state index is 12.1. The Morgan fingerprint density at radius 1 is 1.13 bits per heavy atom. The SMILES string of the molecule is Cc1cc2c(C(N)=O)cccc2n1-c1nc(NCc2ccccc2)c2ccc(C3CCN(CC#N)C3)n2n1. The van der Waals surface area contributed by atoms with Crippen LogP contribution in [0.4, 0.5) is 5.82 Å². The molecular weight excluding hydrogens is 476 g/mol. The Hall–Kier alpha value is -4.68. The number of nitriles is 1. The highest BCUT2D eigenvalue weighted by Crippen LogP contribution is 2.31. The fourth-order valence-electron chi connectivity index (χ4n) is 5.48. The van der Waals surface area contributed by atoms with Crippen LogP contribution >= 0.6 is 0 Å². The second-order valence-electron chi connectivity index (χ2n) is 9.76. The Balaban J connectivity index is 1.50. The van der Waals surface area contributed by atoms with E-state index in [1.807, 2.05) is 52.4 Å². The van der Waals surface area contributed by atoms with Crippen LogP contribution in [0.5, 0.6) is 0 Å². The van der Waals surface area contributed by atoms with E-state index < -0.39 is 5.91 Å². The lowest BCUT2D eigenvalue weighted by atomic mass is 10.1. The van der Waals surface area contributed by atoms with Gasteiger partial charge in [0.05, 0.1) is 18.1 Å². The molecule has 4 heterocycles. The number of aryl methyl sites for hydroxylation is 1. The largest absolute Gasteiger partial charge is 0.366 e. The molecule has 6 rings (SSSR count). The minimum atomic E-state index is -0.467. The maximum Gasteiger partial charge on any atom is 0.254 e. The Morgan fingerprint density at radius 3 is 2.76 bits per heavy atom. The number of hydrogen-bond acceptors (Lipinski definition) is 6. The van der Waals surface area contributed by atoms with Crippen molar-refractivity contribution in [2.75, 3.05) is 25.0 Å². The molecule has 3 N–H and O–H groups in total. The summed E-state index contributed by atoms with van der Waals surface area (Å²) in [5, 5.41) is 18.5. The van der Waals surface area contributed by atoms with Crippen LogP contribution in [0.2, 0.25) is 0 Å². The molecule has 190 valence electrons. The van der Waals surface area contributed by atoms with E-state index in [-0.39, 0.29) is 5.92 Å². The second kappa shape index (κ2) is 9.65. The first kappa shape index (κ1) is 23.7. The van der Waals surface area contributed by atoms with E-state index in [0.29, 0.717) is 24.6 Å². The molecule has 9 nitrogen and oxygen atoms in total. The average molecular weight is 505 g/mol. The molecule has 38 heavy (non-hydrogen) atoms. The number of carbonyl (C=O) groups is 1. The van der Waals surface area contributed by atoms with Crippen molar-refractivity contribution < 1.29 is 4.79 Å². The van der Waals surface area contributed by atoms with E-state index in [1.54, 1.807) is 6.07 Å². The zero-order chi connectivity index (χ0) is 26.2. The van der Waals surface area contributed by atoms with E-state index in [1.165, 1.54) is 0 Å².